The van der Waals surface area contributed by atoms with E-state index in [4.69, 9.17) is 16.3 Å². The zero-order valence-corrected chi connectivity index (χ0v) is 19.1. The first-order valence-corrected chi connectivity index (χ1v) is 10.2. The maximum atomic E-state index is 15.0. The molecule has 1 amide bonds. The third-order valence-electron chi connectivity index (χ3n) is 4.83. The molecule has 0 aliphatic carbocycles. The smallest absolute Gasteiger partial charge is 0.425 e. The van der Waals surface area contributed by atoms with Crippen LogP contribution in [-0.4, -0.2) is 41.0 Å². The Hall–Kier alpha value is -3.67. The van der Waals surface area contributed by atoms with Crippen molar-refractivity contribution in [3.8, 4) is 17.0 Å². The lowest BCUT2D eigenvalue weighted by molar-refractivity contribution is -0.189. The molecular formula is C22H17ClF5N3O4. The fraction of sp³-hybridized carbons (Fsp3) is 0.227. The summed E-state index contributed by atoms with van der Waals surface area (Å²) in [4.78, 5) is 24.6. The largest absolute Gasteiger partial charge is 0.480 e. The fourth-order valence-corrected chi connectivity index (χ4v) is 3.18. The molecule has 0 aliphatic heterocycles. The van der Waals surface area contributed by atoms with Crippen LogP contribution in [0.3, 0.4) is 0 Å². The first kappa shape index (κ1) is 25.9. The molecule has 0 spiro atoms. The summed E-state index contributed by atoms with van der Waals surface area (Å²) in [5, 5.41) is 5.90. The van der Waals surface area contributed by atoms with Crippen LogP contribution in [0, 0.1) is 11.6 Å². The highest BCUT2D eigenvalue weighted by Gasteiger charge is 2.39. The third kappa shape index (κ3) is 5.53. The number of ether oxygens (including phenoxy) is 2. The maximum Gasteiger partial charge on any atom is 0.425 e. The van der Waals surface area contributed by atoms with Gasteiger partial charge in [0.05, 0.1) is 29.1 Å². The molecule has 1 unspecified atom stereocenters. The Balaban J connectivity index is 2.11. The van der Waals surface area contributed by atoms with E-state index in [2.05, 4.69) is 15.2 Å². The van der Waals surface area contributed by atoms with E-state index in [-0.39, 0.29) is 22.0 Å². The van der Waals surface area contributed by atoms with Crippen molar-refractivity contribution in [3.05, 3.63) is 64.3 Å². The fourth-order valence-electron chi connectivity index (χ4n) is 2.97. The topological polar surface area (TPSA) is 82.4 Å². The number of amides is 1. The standard InChI is InChI=1S/C22H17ClF5N3O4/c1-10(22(26,27)28)35-18-8-11(16-9-17(21(33)34-3)31(2)30-16)15(25)7-12(18)20(32)29-19-13(23)5-4-6-14(19)24/h4-10H,1-3H3,(H,29,32). The maximum absolute atomic E-state index is 15.0. The van der Waals surface area contributed by atoms with Gasteiger partial charge in [-0.3, -0.25) is 9.48 Å². The number of aryl methyl sites for hydroxylation is 1. The van der Waals surface area contributed by atoms with Gasteiger partial charge < -0.3 is 14.8 Å². The Morgan fingerprint density at radius 2 is 1.83 bits per heavy atom. The zero-order chi connectivity index (χ0) is 26.1. The van der Waals surface area contributed by atoms with Gasteiger partial charge in [-0.05, 0) is 37.3 Å². The van der Waals surface area contributed by atoms with Crippen LogP contribution < -0.4 is 10.1 Å². The minimum atomic E-state index is -4.82. The van der Waals surface area contributed by atoms with E-state index in [1.807, 2.05) is 0 Å². The lowest BCUT2D eigenvalue weighted by atomic mass is 10.1. The van der Waals surface area contributed by atoms with Crippen molar-refractivity contribution < 1.29 is 41.0 Å². The molecule has 35 heavy (non-hydrogen) atoms. The number of para-hydroxylation sites is 1. The van der Waals surface area contributed by atoms with Gasteiger partial charge >= 0.3 is 12.1 Å². The molecule has 0 radical (unpaired) electrons. The minimum absolute atomic E-state index is 0.0657. The summed E-state index contributed by atoms with van der Waals surface area (Å²) in [5.74, 6) is -4.62. The average Bonchev–Trinajstić information content (AvgIpc) is 3.17. The summed E-state index contributed by atoms with van der Waals surface area (Å²) in [6.07, 6.45) is -7.21. The van der Waals surface area contributed by atoms with Crippen LogP contribution >= 0.6 is 11.6 Å². The number of halogens is 6. The lowest BCUT2D eigenvalue weighted by Crippen LogP contribution is -2.32. The van der Waals surface area contributed by atoms with Crippen LogP contribution in [-0.2, 0) is 11.8 Å². The van der Waals surface area contributed by atoms with E-state index in [0.717, 1.165) is 30.0 Å². The number of methoxy groups -OCH3 is 1. The molecule has 186 valence electrons. The molecule has 13 heteroatoms. The molecule has 1 aromatic heterocycles. The zero-order valence-electron chi connectivity index (χ0n) is 18.3. The van der Waals surface area contributed by atoms with Crippen molar-refractivity contribution in [1.82, 2.24) is 9.78 Å². The molecule has 0 aliphatic rings. The number of hydrogen-bond acceptors (Lipinski definition) is 5. The van der Waals surface area contributed by atoms with Gasteiger partial charge in [-0.15, -0.1) is 0 Å². The van der Waals surface area contributed by atoms with Gasteiger partial charge in [0.2, 0.25) is 0 Å². The highest BCUT2D eigenvalue weighted by molar-refractivity contribution is 6.34. The van der Waals surface area contributed by atoms with Crippen molar-refractivity contribution >= 4 is 29.2 Å². The van der Waals surface area contributed by atoms with Gasteiger partial charge in [-0.2, -0.15) is 18.3 Å². The van der Waals surface area contributed by atoms with Crippen molar-refractivity contribution in [2.24, 2.45) is 7.05 Å². The highest BCUT2D eigenvalue weighted by Crippen LogP contribution is 2.34. The van der Waals surface area contributed by atoms with E-state index in [0.29, 0.717) is 13.0 Å². The van der Waals surface area contributed by atoms with Crippen LogP contribution in [0.5, 0.6) is 5.75 Å². The molecule has 1 atom stereocenters. The summed E-state index contributed by atoms with van der Waals surface area (Å²) in [6, 6.07) is 6.14. The minimum Gasteiger partial charge on any atom is -0.480 e. The molecule has 3 rings (SSSR count). The van der Waals surface area contributed by atoms with Crippen LogP contribution in [0.4, 0.5) is 27.6 Å². The third-order valence-corrected chi connectivity index (χ3v) is 5.15. The molecule has 1 N–H and O–H groups in total. The van der Waals surface area contributed by atoms with Gasteiger partial charge in [0, 0.05) is 12.6 Å². The lowest BCUT2D eigenvalue weighted by Gasteiger charge is -2.20. The monoisotopic (exact) mass is 517 g/mol. The summed E-state index contributed by atoms with van der Waals surface area (Å²) in [7, 11) is 2.49. The number of rotatable bonds is 6. The normalized spacial score (nSPS) is 12.3. The molecule has 0 fully saturated rings. The number of anilines is 1. The van der Waals surface area contributed by atoms with Crippen LogP contribution in [0.1, 0.15) is 27.8 Å². The highest BCUT2D eigenvalue weighted by atomic mass is 35.5. The predicted molar refractivity (Wildman–Crippen MR) is 115 cm³/mol. The quantitative estimate of drug-likeness (QED) is 0.350. The molecule has 2 aromatic carbocycles. The van der Waals surface area contributed by atoms with Crippen LogP contribution in [0.2, 0.25) is 5.02 Å². The predicted octanol–water partition coefficient (Wildman–Crippen LogP) is 5.39. The number of carbonyl (C=O) groups excluding carboxylic acids is 2. The van der Waals surface area contributed by atoms with Gasteiger partial charge in [0.1, 0.15) is 23.1 Å². The Bertz CT molecular complexity index is 1270. The second-order valence-corrected chi connectivity index (χ2v) is 7.62. The van der Waals surface area contributed by atoms with E-state index < -0.39 is 52.8 Å². The van der Waals surface area contributed by atoms with Crippen molar-refractivity contribution in [2.45, 2.75) is 19.2 Å². The summed E-state index contributed by atoms with van der Waals surface area (Å²) in [6.45, 7) is 0.689. The second kappa shape index (κ2) is 9.90. The van der Waals surface area contributed by atoms with Crippen molar-refractivity contribution in [1.29, 1.82) is 0 Å². The van der Waals surface area contributed by atoms with E-state index >= 15 is 4.39 Å². The van der Waals surface area contributed by atoms with Crippen LogP contribution in [0.25, 0.3) is 11.3 Å². The van der Waals surface area contributed by atoms with E-state index in [1.54, 1.807) is 0 Å². The first-order valence-electron chi connectivity index (χ1n) is 9.78. The Morgan fingerprint density at radius 3 is 2.43 bits per heavy atom. The summed E-state index contributed by atoms with van der Waals surface area (Å²) < 4.78 is 79.3. The first-order chi connectivity index (χ1) is 16.3. The van der Waals surface area contributed by atoms with Gasteiger partial charge in [-0.1, -0.05) is 17.7 Å². The molecule has 7 nitrogen and oxygen atoms in total. The Kier molecular flexibility index (Phi) is 7.34. The second-order valence-electron chi connectivity index (χ2n) is 7.21. The molecule has 0 saturated carbocycles. The number of benzene rings is 2. The van der Waals surface area contributed by atoms with Gasteiger partial charge in [0.25, 0.3) is 5.91 Å². The Morgan fingerprint density at radius 1 is 1.14 bits per heavy atom. The van der Waals surface area contributed by atoms with Crippen molar-refractivity contribution in [2.75, 3.05) is 12.4 Å². The summed E-state index contributed by atoms with van der Waals surface area (Å²) in [5.41, 5.74) is -1.68. The molecule has 0 bridgehead atoms. The number of hydrogen-bond donors (Lipinski definition) is 1. The van der Waals surface area contributed by atoms with Gasteiger partial charge in [0.15, 0.2) is 6.10 Å². The van der Waals surface area contributed by atoms with Gasteiger partial charge in [-0.25, -0.2) is 13.6 Å². The van der Waals surface area contributed by atoms with E-state index in [9.17, 15) is 27.2 Å². The SMILES string of the molecule is COC(=O)c1cc(-c2cc(OC(C)C(F)(F)F)c(C(=O)Nc3c(F)cccc3Cl)cc2F)nn1C. The number of alkyl halides is 3. The van der Waals surface area contributed by atoms with E-state index in [1.165, 1.54) is 19.2 Å². The molecule has 1 heterocycles. The molecule has 0 saturated heterocycles. The molecular weight excluding hydrogens is 501 g/mol. The number of nitrogens with zero attached hydrogens (tertiary/aromatic N) is 2. The number of nitrogens with one attached hydrogen (secondary N) is 1. The number of carbonyl (C=O) groups is 2. The number of aromatic nitrogens is 2. The number of esters is 1. The van der Waals surface area contributed by atoms with Crippen LogP contribution in [0.15, 0.2) is 36.4 Å². The average molecular weight is 518 g/mol. The summed E-state index contributed by atoms with van der Waals surface area (Å²) >= 11 is 5.88. The van der Waals surface area contributed by atoms with Crippen molar-refractivity contribution in [3.63, 3.8) is 0 Å². The Labute approximate surface area is 200 Å². The molecule has 3 aromatic rings.